The standard InChI is InChI=1S/C19H15Cl4F3O3/c20-15-10-14(28-8-5-17(22)23)11-16(21)18(15)29-7-2-6-27-13-4-1-3-12(9-13)19(24,25)26/h1,3-5,9-11H,2,6-8H2. The average Bonchev–Trinajstić information content (AvgIpc) is 2.62. The van der Waals surface area contributed by atoms with Crippen molar-refractivity contribution < 1.29 is 27.4 Å². The zero-order valence-electron chi connectivity index (χ0n) is 14.7. The molecule has 0 fully saturated rings. The van der Waals surface area contributed by atoms with Crippen LogP contribution in [0.5, 0.6) is 17.2 Å². The first-order chi connectivity index (χ1) is 13.7. The van der Waals surface area contributed by atoms with Crippen LogP contribution >= 0.6 is 46.4 Å². The molecule has 0 atom stereocenters. The van der Waals surface area contributed by atoms with Crippen LogP contribution in [-0.2, 0) is 6.18 Å². The van der Waals surface area contributed by atoms with Crippen LogP contribution in [-0.4, -0.2) is 19.8 Å². The molecule has 0 saturated heterocycles. The van der Waals surface area contributed by atoms with Gasteiger partial charge in [0.2, 0.25) is 0 Å². The van der Waals surface area contributed by atoms with Crippen molar-refractivity contribution in [3.8, 4) is 17.2 Å². The molecule has 0 aliphatic heterocycles. The van der Waals surface area contributed by atoms with E-state index >= 15 is 0 Å². The van der Waals surface area contributed by atoms with E-state index in [1.807, 2.05) is 0 Å². The normalized spacial score (nSPS) is 11.1. The summed E-state index contributed by atoms with van der Waals surface area (Å²) in [5, 5.41) is 0.486. The van der Waals surface area contributed by atoms with Gasteiger partial charge in [0.05, 0.1) is 28.8 Å². The van der Waals surface area contributed by atoms with Crippen LogP contribution in [0.3, 0.4) is 0 Å². The molecular formula is C19H15Cl4F3O3. The third-order valence-corrected chi connectivity index (χ3v) is 4.29. The van der Waals surface area contributed by atoms with Crippen molar-refractivity contribution >= 4 is 46.4 Å². The lowest BCUT2D eigenvalue weighted by molar-refractivity contribution is -0.137. The second-order valence-electron chi connectivity index (χ2n) is 5.60. The molecule has 0 aliphatic rings. The summed E-state index contributed by atoms with van der Waals surface area (Å²) < 4.78 is 54.4. The molecule has 2 aromatic carbocycles. The van der Waals surface area contributed by atoms with Gasteiger partial charge in [0, 0.05) is 18.6 Å². The highest BCUT2D eigenvalue weighted by Gasteiger charge is 2.30. The van der Waals surface area contributed by atoms with Crippen molar-refractivity contribution in [2.75, 3.05) is 19.8 Å². The molecule has 29 heavy (non-hydrogen) atoms. The first-order valence-corrected chi connectivity index (χ1v) is 9.74. The van der Waals surface area contributed by atoms with Crippen LogP contribution in [0.15, 0.2) is 47.0 Å². The molecule has 0 radical (unpaired) electrons. The second kappa shape index (κ2) is 11.1. The van der Waals surface area contributed by atoms with Gasteiger partial charge in [-0.3, -0.25) is 0 Å². The first kappa shape index (κ1) is 23.8. The highest BCUT2D eigenvalue weighted by atomic mass is 35.5. The molecule has 2 rings (SSSR count). The van der Waals surface area contributed by atoms with Crippen LogP contribution in [0.4, 0.5) is 13.2 Å². The van der Waals surface area contributed by atoms with Crippen LogP contribution in [0.25, 0.3) is 0 Å². The smallest absolute Gasteiger partial charge is 0.416 e. The maximum Gasteiger partial charge on any atom is 0.416 e. The number of alkyl halides is 3. The van der Waals surface area contributed by atoms with Crippen LogP contribution < -0.4 is 14.2 Å². The Labute approximate surface area is 185 Å². The van der Waals surface area contributed by atoms with Gasteiger partial charge in [-0.2, -0.15) is 13.2 Å². The third kappa shape index (κ3) is 8.05. The van der Waals surface area contributed by atoms with Gasteiger partial charge in [-0.25, -0.2) is 0 Å². The summed E-state index contributed by atoms with van der Waals surface area (Å²) in [4.78, 5) is 0. The lowest BCUT2D eigenvalue weighted by Crippen LogP contribution is -2.07. The Bertz CT molecular complexity index is 830. The second-order valence-corrected chi connectivity index (χ2v) is 7.42. The number of halogens is 7. The topological polar surface area (TPSA) is 27.7 Å². The molecule has 0 unspecified atom stereocenters. The quantitative estimate of drug-likeness (QED) is 0.340. The van der Waals surface area contributed by atoms with Gasteiger partial charge in [0.15, 0.2) is 5.75 Å². The fraction of sp³-hybridized carbons (Fsp3) is 0.263. The van der Waals surface area contributed by atoms with E-state index in [0.717, 1.165) is 12.1 Å². The van der Waals surface area contributed by atoms with E-state index in [4.69, 9.17) is 60.6 Å². The number of benzene rings is 2. The molecular weight excluding hydrogens is 475 g/mol. The predicted molar refractivity (Wildman–Crippen MR) is 109 cm³/mol. The lowest BCUT2D eigenvalue weighted by Gasteiger charge is -2.13. The monoisotopic (exact) mass is 488 g/mol. The van der Waals surface area contributed by atoms with E-state index < -0.39 is 11.7 Å². The zero-order chi connectivity index (χ0) is 21.4. The molecule has 158 valence electrons. The van der Waals surface area contributed by atoms with E-state index in [1.165, 1.54) is 30.3 Å². The van der Waals surface area contributed by atoms with E-state index in [-0.39, 0.29) is 45.9 Å². The number of ether oxygens (including phenoxy) is 3. The van der Waals surface area contributed by atoms with E-state index in [2.05, 4.69) is 0 Å². The van der Waals surface area contributed by atoms with Crippen molar-refractivity contribution in [3.05, 3.63) is 62.6 Å². The van der Waals surface area contributed by atoms with Gasteiger partial charge in [-0.05, 0) is 24.3 Å². The van der Waals surface area contributed by atoms with Crippen LogP contribution in [0.1, 0.15) is 12.0 Å². The van der Waals surface area contributed by atoms with Crippen molar-refractivity contribution in [2.45, 2.75) is 12.6 Å². The van der Waals surface area contributed by atoms with Crippen molar-refractivity contribution in [1.29, 1.82) is 0 Å². The predicted octanol–water partition coefficient (Wildman–Crippen LogP) is 7.56. The summed E-state index contributed by atoms with van der Waals surface area (Å²) in [6.45, 7) is 0.495. The van der Waals surface area contributed by atoms with E-state index in [1.54, 1.807) is 0 Å². The van der Waals surface area contributed by atoms with Gasteiger partial charge >= 0.3 is 6.18 Å². The van der Waals surface area contributed by atoms with Gasteiger partial charge in [0.25, 0.3) is 0 Å². The van der Waals surface area contributed by atoms with Crippen LogP contribution in [0, 0.1) is 0 Å². The zero-order valence-corrected chi connectivity index (χ0v) is 17.8. The summed E-state index contributed by atoms with van der Waals surface area (Å²) in [6.07, 6.45) is -2.56. The highest BCUT2D eigenvalue weighted by Crippen LogP contribution is 2.37. The van der Waals surface area contributed by atoms with Gasteiger partial charge < -0.3 is 14.2 Å². The Morgan fingerprint density at radius 1 is 0.897 bits per heavy atom. The highest BCUT2D eigenvalue weighted by molar-refractivity contribution is 6.55. The molecule has 0 amide bonds. The number of hydrogen-bond acceptors (Lipinski definition) is 3. The molecule has 0 saturated carbocycles. The van der Waals surface area contributed by atoms with Crippen LogP contribution in [0.2, 0.25) is 10.0 Å². The molecule has 3 nitrogen and oxygen atoms in total. The largest absolute Gasteiger partial charge is 0.493 e. The first-order valence-electron chi connectivity index (χ1n) is 8.22. The minimum absolute atomic E-state index is 0.0782. The maximum atomic E-state index is 12.7. The number of rotatable bonds is 9. The van der Waals surface area contributed by atoms with E-state index in [9.17, 15) is 13.2 Å². The van der Waals surface area contributed by atoms with E-state index in [0.29, 0.717) is 12.2 Å². The Morgan fingerprint density at radius 2 is 1.55 bits per heavy atom. The molecule has 0 N–H and O–H groups in total. The average molecular weight is 490 g/mol. The summed E-state index contributed by atoms with van der Waals surface area (Å²) in [5.74, 6) is 0.806. The van der Waals surface area contributed by atoms with Crippen molar-refractivity contribution in [1.82, 2.24) is 0 Å². The Hall–Kier alpha value is -1.47. The molecule has 0 bridgehead atoms. The molecule has 0 aromatic heterocycles. The fourth-order valence-electron chi connectivity index (χ4n) is 2.14. The van der Waals surface area contributed by atoms with Crippen molar-refractivity contribution in [3.63, 3.8) is 0 Å². The Morgan fingerprint density at radius 3 is 2.17 bits per heavy atom. The number of hydrogen-bond donors (Lipinski definition) is 0. The lowest BCUT2D eigenvalue weighted by atomic mass is 10.2. The summed E-state index contributed by atoms with van der Waals surface area (Å²) in [5.41, 5.74) is -0.768. The van der Waals surface area contributed by atoms with Crippen molar-refractivity contribution in [2.24, 2.45) is 0 Å². The van der Waals surface area contributed by atoms with Gasteiger partial charge in [-0.1, -0.05) is 52.5 Å². The molecule has 10 heteroatoms. The summed E-state index contributed by atoms with van der Waals surface area (Å²) >= 11 is 23.3. The SMILES string of the molecule is FC(F)(F)c1cccc(OCCCOc2c(Cl)cc(OCC=C(Cl)Cl)cc2Cl)c1. The third-order valence-electron chi connectivity index (χ3n) is 3.42. The Kier molecular flexibility index (Phi) is 9.08. The minimum Gasteiger partial charge on any atom is -0.493 e. The summed E-state index contributed by atoms with van der Waals surface area (Å²) in [7, 11) is 0. The Balaban J connectivity index is 1.82. The maximum absolute atomic E-state index is 12.7. The summed E-state index contributed by atoms with van der Waals surface area (Å²) in [6, 6.07) is 7.72. The fourth-order valence-corrected chi connectivity index (χ4v) is 2.85. The molecule has 0 heterocycles. The molecule has 2 aromatic rings. The molecule has 0 aliphatic carbocycles. The molecule has 0 spiro atoms. The van der Waals surface area contributed by atoms with Gasteiger partial charge in [0.1, 0.15) is 22.6 Å². The minimum atomic E-state index is -4.42. The van der Waals surface area contributed by atoms with Gasteiger partial charge in [-0.15, -0.1) is 0 Å².